The SMILES string of the molecule is NC(CC(=O)N1CCC(OCCc2ccccc2)CC1)c1ccccc1. The number of hydrogen-bond donors (Lipinski definition) is 1. The lowest BCUT2D eigenvalue weighted by atomic mass is 10.0. The molecule has 0 bridgehead atoms. The normalized spacial score (nSPS) is 16.4. The highest BCUT2D eigenvalue weighted by Gasteiger charge is 2.24. The van der Waals surface area contributed by atoms with E-state index in [1.807, 2.05) is 41.3 Å². The molecule has 3 rings (SSSR count). The van der Waals surface area contributed by atoms with Gasteiger partial charge in [0.05, 0.1) is 12.7 Å². The van der Waals surface area contributed by atoms with Crippen LogP contribution in [0.1, 0.15) is 36.4 Å². The molecule has 1 fully saturated rings. The molecule has 4 nitrogen and oxygen atoms in total. The summed E-state index contributed by atoms with van der Waals surface area (Å²) in [6.07, 6.45) is 3.36. The fraction of sp³-hybridized carbons (Fsp3) is 0.409. The second-order valence-electron chi connectivity index (χ2n) is 6.91. The lowest BCUT2D eigenvalue weighted by Gasteiger charge is -2.32. The largest absolute Gasteiger partial charge is 0.378 e. The van der Waals surface area contributed by atoms with Crippen molar-refractivity contribution < 1.29 is 9.53 Å². The number of hydrogen-bond acceptors (Lipinski definition) is 3. The summed E-state index contributed by atoms with van der Waals surface area (Å²) in [4.78, 5) is 14.4. The van der Waals surface area contributed by atoms with E-state index in [1.165, 1.54) is 5.56 Å². The number of carbonyl (C=O) groups is 1. The van der Waals surface area contributed by atoms with E-state index in [9.17, 15) is 4.79 Å². The number of benzene rings is 2. The van der Waals surface area contributed by atoms with Crippen LogP contribution in [0.3, 0.4) is 0 Å². The molecule has 1 aliphatic rings. The van der Waals surface area contributed by atoms with Gasteiger partial charge in [-0.05, 0) is 30.4 Å². The van der Waals surface area contributed by atoms with Crippen molar-refractivity contribution in [2.75, 3.05) is 19.7 Å². The van der Waals surface area contributed by atoms with E-state index in [-0.39, 0.29) is 18.1 Å². The summed E-state index contributed by atoms with van der Waals surface area (Å²) in [7, 11) is 0. The minimum Gasteiger partial charge on any atom is -0.378 e. The third kappa shape index (κ3) is 5.41. The first-order chi connectivity index (χ1) is 12.7. The third-order valence-electron chi connectivity index (χ3n) is 5.00. The van der Waals surface area contributed by atoms with Crippen LogP contribution in [0, 0.1) is 0 Å². The van der Waals surface area contributed by atoms with E-state index in [2.05, 4.69) is 24.3 Å². The maximum absolute atomic E-state index is 12.5. The van der Waals surface area contributed by atoms with Crippen LogP contribution in [0.15, 0.2) is 60.7 Å². The Hall–Kier alpha value is -2.17. The van der Waals surface area contributed by atoms with Gasteiger partial charge < -0.3 is 15.4 Å². The third-order valence-corrected chi connectivity index (χ3v) is 5.00. The van der Waals surface area contributed by atoms with Gasteiger partial charge in [0.25, 0.3) is 0 Å². The molecule has 0 spiro atoms. The molecule has 1 amide bonds. The second kappa shape index (κ2) is 9.51. The predicted molar refractivity (Wildman–Crippen MR) is 104 cm³/mol. The molecule has 1 unspecified atom stereocenters. The average molecular weight is 352 g/mol. The highest BCUT2D eigenvalue weighted by atomic mass is 16.5. The number of piperidine rings is 1. The molecule has 1 atom stereocenters. The lowest BCUT2D eigenvalue weighted by Crippen LogP contribution is -2.42. The standard InChI is InChI=1S/C22H28N2O2/c23-21(19-9-5-2-6-10-19)17-22(25)24-14-11-20(12-15-24)26-16-13-18-7-3-1-4-8-18/h1-10,20-21H,11-17,23H2. The van der Waals surface area contributed by atoms with E-state index in [0.29, 0.717) is 6.42 Å². The minimum absolute atomic E-state index is 0.143. The van der Waals surface area contributed by atoms with Gasteiger partial charge in [-0.1, -0.05) is 60.7 Å². The van der Waals surface area contributed by atoms with Crippen molar-refractivity contribution in [2.45, 2.75) is 37.8 Å². The Bertz CT molecular complexity index is 667. The summed E-state index contributed by atoms with van der Waals surface area (Å²) in [5.41, 5.74) is 8.49. The summed E-state index contributed by atoms with van der Waals surface area (Å²) >= 11 is 0. The molecule has 0 radical (unpaired) electrons. The number of rotatable bonds is 7. The van der Waals surface area contributed by atoms with Crippen molar-refractivity contribution in [3.63, 3.8) is 0 Å². The molecule has 0 aliphatic carbocycles. The van der Waals surface area contributed by atoms with Gasteiger partial charge in [-0.3, -0.25) is 4.79 Å². The van der Waals surface area contributed by atoms with Crippen LogP contribution in [-0.4, -0.2) is 36.6 Å². The van der Waals surface area contributed by atoms with Crippen molar-refractivity contribution >= 4 is 5.91 Å². The molecule has 2 aromatic carbocycles. The van der Waals surface area contributed by atoms with Crippen LogP contribution >= 0.6 is 0 Å². The van der Waals surface area contributed by atoms with Crippen molar-refractivity contribution in [1.29, 1.82) is 0 Å². The van der Waals surface area contributed by atoms with Crippen molar-refractivity contribution in [2.24, 2.45) is 5.73 Å². The Kier molecular flexibility index (Phi) is 6.81. The molecule has 2 aromatic rings. The van der Waals surface area contributed by atoms with Gasteiger partial charge in [0, 0.05) is 25.6 Å². The van der Waals surface area contributed by atoms with Crippen LogP contribution in [-0.2, 0) is 16.0 Å². The zero-order chi connectivity index (χ0) is 18.2. The Morgan fingerprint density at radius 3 is 2.31 bits per heavy atom. The smallest absolute Gasteiger partial charge is 0.224 e. The number of carbonyl (C=O) groups excluding carboxylic acids is 1. The Balaban J connectivity index is 1.37. The molecule has 1 saturated heterocycles. The van der Waals surface area contributed by atoms with Gasteiger partial charge in [-0.25, -0.2) is 0 Å². The quantitative estimate of drug-likeness (QED) is 0.832. The van der Waals surface area contributed by atoms with Gasteiger partial charge in [0.15, 0.2) is 0 Å². The van der Waals surface area contributed by atoms with Gasteiger partial charge in [0.1, 0.15) is 0 Å². The van der Waals surface area contributed by atoms with Crippen LogP contribution in [0.25, 0.3) is 0 Å². The number of nitrogens with two attached hydrogens (primary N) is 1. The zero-order valence-electron chi connectivity index (χ0n) is 15.2. The maximum Gasteiger partial charge on any atom is 0.224 e. The fourth-order valence-corrected chi connectivity index (χ4v) is 3.40. The van der Waals surface area contributed by atoms with Crippen LogP contribution < -0.4 is 5.73 Å². The predicted octanol–water partition coefficient (Wildman–Crippen LogP) is 3.33. The molecular formula is C22H28N2O2. The Morgan fingerprint density at radius 1 is 1.04 bits per heavy atom. The van der Waals surface area contributed by atoms with E-state index in [1.54, 1.807) is 0 Å². The summed E-state index contributed by atoms with van der Waals surface area (Å²) in [6.45, 7) is 2.26. The van der Waals surface area contributed by atoms with E-state index in [0.717, 1.165) is 44.5 Å². The topological polar surface area (TPSA) is 55.6 Å². The summed E-state index contributed by atoms with van der Waals surface area (Å²) in [5, 5.41) is 0. The van der Waals surface area contributed by atoms with Gasteiger partial charge in [-0.2, -0.15) is 0 Å². The lowest BCUT2D eigenvalue weighted by molar-refractivity contribution is -0.134. The van der Waals surface area contributed by atoms with Crippen LogP contribution in [0.4, 0.5) is 0 Å². The number of nitrogens with zero attached hydrogens (tertiary/aromatic N) is 1. The molecule has 1 aliphatic heterocycles. The number of ether oxygens (including phenoxy) is 1. The van der Waals surface area contributed by atoms with E-state index < -0.39 is 0 Å². The molecule has 138 valence electrons. The first-order valence-corrected chi connectivity index (χ1v) is 9.46. The van der Waals surface area contributed by atoms with Crippen molar-refractivity contribution in [3.05, 3.63) is 71.8 Å². The highest BCUT2D eigenvalue weighted by molar-refractivity contribution is 5.77. The molecule has 26 heavy (non-hydrogen) atoms. The maximum atomic E-state index is 12.5. The minimum atomic E-state index is -0.233. The molecular weight excluding hydrogens is 324 g/mol. The number of likely N-dealkylation sites (tertiary alicyclic amines) is 1. The first-order valence-electron chi connectivity index (χ1n) is 9.46. The molecule has 0 aromatic heterocycles. The summed E-state index contributed by atoms with van der Waals surface area (Å²) < 4.78 is 6.00. The number of amides is 1. The summed E-state index contributed by atoms with van der Waals surface area (Å²) in [6, 6.07) is 20.0. The van der Waals surface area contributed by atoms with Crippen LogP contribution in [0.2, 0.25) is 0 Å². The summed E-state index contributed by atoms with van der Waals surface area (Å²) in [5.74, 6) is 0.143. The molecule has 2 N–H and O–H groups in total. The Morgan fingerprint density at radius 2 is 1.65 bits per heavy atom. The van der Waals surface area contributed by atoms with E-state index in [4.69, 9.17) is 10.5 Å². The Labute approximate surface area is 156 Å². The second-order valence-corrected chi connectivity index (χ2v) is 6.91. The molecule has 0 saturated carbocycles. The van der Waals surface area contributed by atoms with Gasteiger partial charge >= 0.3 is 0 Å². The van der Waals surface area contributed by atoms with Crippen molar-refractivity contribution in [3.8, 4) is 0 Å². The monoisotopic (exact) mass is 352 g/mol. The first kappa shape index (κ1) is 18.6. The van der Waals surface area contributed by atoms with Gasteiger partial charge in [-0.15, -0.1) is 0 Å². The zero-order valence-corrected chi connectivity index (χ0v) is 15.2. The van der Waals surface area contributed by atoms with E-state index >= 15 is 0 Å². The molecule has 4 heteroatoms. The van der Waals surface area contributed by atoms with Crippen LogP contribution in [0.5, 0.6) is 0 Å². The van der Waals surface area contributed by atoms with Gasteiger partial charge in [0.2, 0.25) is 5.91 Å². The van der Waals surface area contributed by atoms with Crippen molar-refractivity contribution in [1.82, 2.24) is 4.90 Å². The molecule has 1 heterocycles. The fourth-order valence-electron chi connectivity index (χ4n) is 3.40. The average Bonchev–Trinajstić information content (AvgIpc) is 2.70. The highest BCUT2D eigenvalue weighted by Crippen LogP contribution is 2.19.